The molecular weight excluding hydrogens is 402 g/mol. The third kappa shape index (κ3) is 5.25. The van der Waals surface area contributed by atoms with Crippen molar-refractivity contribution in [1.82, 2.24) is 5.32 Å². The van der Waals surface area contributed by atoms with Gasteiger partial charge in [-0.2, -0.15) is 0 Å². The van der Waals surface area contributed by atoms with Crippen LogP contribution in [0.25, 0.3) is 0 Å². The predicted molar refractivity (Wildman–Crippen MR) is 115 cm³/mol. The number of hydrogen-bond donors (Lipinski definition) is 2. The van der Waals surface area contributed by atoms with Crippen LogP contribution in [0.15, 0.2) is 42.5 Å². The third-order valence-corrected chi connectivity index (χ3v) is 4.97. The molecule has 2 aromatic rings. The minimum atomic E-state index is -0.525. The molecule has 1 saturated heterocycles. The van der Waals surface area contributed by atoms with Crippen LogP contribution in [0.5, 0.6) is 17.2 Å². The van der Waals surface area contributed by atoms with E-state index in [0.29, 0.717) is 28.6 Å². The largest absolute Gasteiger partial charge is 0.497 e. The summed E-state index contributed by atoms with van der Waals surface area (Å²) in [4.78, 5) is 38.6. The van der Waals surface area contributed by atoms with Gasteiger partial charge in [0.15, 0.2) is 11.5 Å². The number of benzene rings is 2. The first-order valence-corrected chi connectivity index (χ1v) is 9.69. The summed E-state index contributed by atoms with van der Waals surface area (Å²) in [5.41, 5.74) is 1.21. The fraction of sp³-hybridized carbons (Fsp3) is 0.318. The molecule has 3 amide bonds. The Hall–Kier alpha value is -3.75. The van der Waals surface area contributed by atoms with Crippen LogP contribution in [0.3, 0.4) is 0 Å². The second-order valence-electron chi connectivity index (χ2n) is 6.94. The highest BCUT2D eigenvalue weighted by Crippen LogP contribution is 2.30. The van der Waals surface area contributed by atoms with Crippen LogP contribution in [-0.4, -0.2) is 52.1 Å². The van der Waals surface area contributed by atoms with Crippen molar-refractivity contribution >= 4 is 29.1 Å². The maximum Gasteiger partial charge on any atom is 0.243 e. The van der Waals surface area contributed by atoms with E-state index in [4.69, 9.17) is 14.2 Å². The van der Waals surface area contributed by atoms with Crippen LogP contribution >= 0.6 is 0 Å². The summed E-state index contributed by atoms with van der Waals surface area (Å²) in [7, 11) is 4.59. The molecule has 9 heteroatoms. The first kappa shape index (κ1) is 21.9. The van der Waals surface area contributed by atoms with Crippen molar-refractivity contribution < 1.29 is 28.6 Å². The molecule has 2 N–H and O–H groups in total. The molecule has 3 rings (SSSR count). The average Bonchev–Trinajstić information content (AvgIpc) is 3.19. The molecule has 1 unspecified atom stereocenters. The summed E-state index contributed by atoms with van der Waals surface area (Å²) in [6.07, 6.45) is 0.0924. The fourth-order valence-corrected chi connectivity index (χ4v) is 3.33. The molecule has 1 atom stereocenters. The average molecular weight is 427 g/mol. The lowest BCUT2D eigenvalue weighted by molar-refractivity contribution is -0.127. The SMILES string of the molecule is COc1ccc(N2CC(C(=O)NCC(=O)Nc3ccc(OC)c(OC)c3)CC2=O)cc1. The number of methoxy groups -OCH3 is 3. The summed E-state index contributed by atoms with van der Waals surface area (Å²) < 4.78 is 15.5. The van der Waals surface area contributed by atoms with E-state index >= 15 is 0 Å². The predicted octanol–water partition coefficient (Wildman–Crippen LogP) is 1.82. The molecule has 0 radical (unpaired) electrons. The quantitative estimate of drug-likeness (QED) is 0.666. The summed E-state index contributed by atoms with van der Waals surface area (Å²) in [6.45, 7) is 0.0503. The minimum absolute atomic E-state index is 0.0924. The molecule has 1 aliphatic heterocycles. The molecule has 31 heavy (non-hydrogen) atoms. The summed E-state index contributed by atoms with van der Waals surface area (Å²) in [6, 6.07) is 12.0. The molecule has 0 saturated carbocycles. The number of carbonyl (C=O) groups is 3. The van der Waals surface area contributed by atoms with Crippen molar-refractivity contribution in [3.63, 3.8) is 0 Å². The Morgan fingerprint density at radius 2 is 1.71 bits per heavy atom. The van der Waals surface area contributed by atoms with Crippen molar-refractivity contribution in [1.29, 1.82) is 0 Å². The van der Waals surface area contributed by atoms with Gasteiger partial charge >= 0.3 is 0 Å². The molecule has 0 aromatic heterocycles. The van der Waals surface area contributed by atoms with Crippen LogP contribution < -0.4 is 29.7 Å². The highest BCUT2D eigenvalue weighted by atomic mass is 16.5. The summed E-state index contributed by atoms with van der Waals surface area (Å²) >= 11 is 0. The number of nitrogens with one attached hydrogen (secondary N) is 2. The van der Waals surface area contributed by atoms with E-state index < -0.39 is 11.8 Å². The van der Waals surface area contributed by atoms with Gasteiger partial charge in [-0.3, -0.25) is 14.4 Å². The number of carbonyl (C=O) groups excluding carboxylic acids is 3. The molecule has 0 spiro atoms. The van der Waals surface area contributed by atoms with Crippen LogP contribution in [-0.2, 0) is 14.4 Å². The third-order valence-electron chi connectivity index (χ3n) is 4.97. The number of anilines is 2. The summed E-state index contributed by atoms with van der Waals surface area (Å²) in [5, 5.41) is 5.29. The summed E-state index contributed by atoms with van der Waals surface area (Å²) in [5.74, 6) is 0.311. The maximum atomic E-state index is 12.5. The van der Waals surface area contributed by atoms with E-state index in [-0.39, 0.29) is 31.3 Å². The Morgan fingerprint density at radius 1 is 1.00 bits per heavy atom. The standard InChI is InChI=1S/C22H25N3O6/c1-29-17-7-5-16(6-8-17)25-13-14(10-21(25)27)22(28)23-12-20(26)24-15-4-9-18(30-2)19(11-15)31-3/h4-9,11,14H,10,12-13H2,1-3H3,(H,23,28)(H,24,26). The molecule has 1 fully saturated rings. The van der Waals surface area contributed by atoms with E-state index in [1.807, 2.05) is 0 Å². The first-order chi connectivity index (χ1) is 14.9. The Balaban J connectivity index is 1.52. The molecule has 9 nitrogen and oxygen atoms in total. The molecular formula is C22H25N3O6. The van der Waals surface area contributed by atoms with Crippen molar-refractivity contribution in [2.45, 2.75) is 6.42 Å². The number of rotatable bonds is 8. The van der Waals surface area contributed by atoms with Gasteiger partial charge in [-0.25, -0.2) is 0 Å². The Bertz CT molecular complexity index is 960. The van der Waals surface area contributed by atoms with Gasteiger partial charge in [-0.05, 0) is 36.4 Å². The van der Waals surface area contributed by atoms with E-state index in [0.717, 1.165) is 0 Å². The van der Waals surface area contributed by atoms with Crippen molar-refractivity contribution in [3.05, 3.63) is 42.5 Å². The monoisotopic (exact) mass is 427 g/mol. The van der Waals surface area contributed by atoms with E-state index in [9.17, 15) is 14.4 Å². The zero-order valence-electron chi connectivity index (χ0n) is 17.6. The minimum Gasteiger partial charge on any atom is -0.497 e. The Morgan fingerprint density at radius 3 is 2.35 bits per heavy atom. The molecule has 1 heterocycles. The van der Waals surface area contributed by atoms with E-state index in [2.05, 4.69) is 10.6 Å². The first-order valence-electron chi connectivity index (χ1n) is 9.69. The van der Waals surface area contributed by atoms with Crippen LogP contribution in [0.4, 0.5) is 11.4 Å². The van der Waals surface area contributed by atoms with Crippen LogP contribution in [0, 0.1) is 5.92 Å². The Kier molecular flexibility index (Phi) is 6.96. The second kappa shape index (κ2) is 9.84. The van der Waals surface area contributed by atoms with E-state index in [1.165, 1.54) is 14.2 Å². The van der Waals surface area contributed by atoms with Gasteiger partial charge in [-0.15, -0.1) is 0 Å². The molecule has 2 aromatic carbocycles. The van der Waals surface area contributed by atoms with Gasteiger partial charge in [0, 0.05) is 30.4 Å². The molecule has 164 valence electrons. The van der Waals surface area contributed by atoms with Crippen molar-refractivity contribution in [2.75, 3.05) is 44.6 Å². The highest BCUT2D eigenvalue weighted by molar-refractivity contribution is 6.01. The van der Waals surface area contributed by atoms with Gasteiger partial charge in [0.2, 0.25) is 17.7 Å². The number of nitrogens with zero attached hydrogens (tertiary/aromatic N) is 1. The van der Waals surface area contributed by atoms with Crippen molar-refractivity contribution in [3.8, 4) is 17.2 Å². The van der Waals surface area contributed by atoms with Gasteiger partial charge in [0.05, 0.1) is 33.8 Å². The molecule has 1 aliphatic rings. The lowest BCUT2D eigenvalue weighted by Gasteiger charge is -2.17. The lowest BCUT2D eigenvalue weighted by Crippen LogP contribution is -2.37. The Labute approximate surface area is 180 Å². The topological polar surface area (TPSA) is 106 Å². The highest BCUT2D eigenvalue weighted by Gasteiger charge is 2.35. The normalized spacial score (nSPS) is 15.4. The van der Waals surface area contributed by atoms with Crippen LogP contribution in [0.2, 0.25) is 0 Å². The zero-order chi connectivity index (χ0) is 22.4. The van der Waals surface area contributed by atoms with Gasteiger partial charge in [0.1, 0.15) is 5.75 Å². The van der Waals surface area contributed by atoms with E-state index in [1.54, 1.807) is 54.5 Å². The van der Waals surface area contributed by atoms with Gasteiger partial charge in [0.25, 0.3) is 0 Å². The molecule has 0 bridgehead atoms. The number of amides is 3. The van der Waals surface area contributed by atoms with Crippen molar-refractivity contribution in [2.24, 2.45) is 5.92 Å². The zero-order valence-corrected chi connectivity index (χ0v) is 17.6. The van der Waals surface area contributed by atoms with Gasteiger partial charge < -0.3 is 29.7 Å². The number of hydrogen-bond acceptors (Lipinski definition) is 6. The maximum absolute atomic E-state index is 12.5. The lowest BCUT2D eigenvalue weighted by atomic mass is 10.1. The second-order valence-corrected chi connectivity index (χ2v) is 6.94. The fourth-order valence-electron chi connectivity index (χ4n) is 3.33. The molecule has 0 aliphatic carbocycles. The smallest absolute Gasteiger partial charge is 0.243 e. The van der Waals surface area contributed by atoms with Gasteiger partial charge in [-0.1, -0.05) is 0 Å². The number of ether oxygens (including phenoxy) is 3. The van der Waals surface area contributed by atoms with Crippen LogP contribution in [0.1, 0.15) is 6.42 Å².